The van der Waals surface area contributed by atoms with Crippen molar-refractivity contribution in [3.05, 3.63) is 24.3 Å². The number of hydrogen-bond acceptors (Lipinski definition) is 4. The molecule has 0 spiro atoms. The lowest BCUT2D eigenvalue weighted by molar-refractivity contribution is -0.132. The van der Waals surface area contributed by atoms with E-state index in [1.165, 1.54) is 0 Å². The topological polar surface area (TPSA) is 36.0 Å². The average Bonchev–Trinajstić information content (AvgIpc) is 3.00. The fraction of sp³-hybridized carbons (Fsp3) is 0.611. The molecule has 2 saturated heterocycles. The fourth-order valence-electron chi connectivity index (χ4n) is 3.66. The minimum atomic E-state index is 0.324. The standard InChI is InChI=1S/C18H27N3O2/c1-19-8-7-15(14-19)13-18(22)21-11-9-20(10-12-21)16-5-3-4-6-17(16)23-2/h3-6,15H,7-14H2,1-2H3. The molecule has 0 radical (unpaired) electrons. The van der Waals surface area contributed by atoms with E-state index in [0.29, 0.717) is 18.2 Å². The van der Waals surface area contributed by atoms with Crippen LogP contribution in [0.25, 0.3) is 0 Å². The Hall–Kier alpha value is -1.75. The molecule has 0 bridgehead atoms. The lowest BCUT2D eigenvalue weighted by Crippen LogP contribution is -2.49. The minimum Gasteiger partial charge on any atom is -0.495 e. The summed E-state index contributed by atoms with van der Waals surface area (Å²) >= 11 is 0. The number of hydrogen-bond donors (Lipinski definition) is 0. The Bertz CT molecular complexity index is 541. The zero-order valence-corrected chi connectivity index (χ0v) is 14.2. The lowest BCUT2D eigenvalue weighted by atomic mass is 10.0. The van der Waals surface area contributed by atoms with Crippen molar-refractivity contribution in [3.8, 4) is 5.75 Å². The summed E-state index contributed by atoms with van der Waals surface area (Å²) in [5.41, 5.74) is 1.12. The Balaban J connectivity index is 1.53. The number of anilines is 1. The number of piperazine rings is 1. The van der Waals surface area contributed by atoms with Crippen LogP contribution in [0.2, 0.25) is 0 Å². The molecular weight excluding hydrogens is 290 g/mol. The molecule has 5 nitrogen and oxygen atoms in total. The zero-order valence-electron chi connectivity index (χ0n) is 14.2. The molecular formula is C18H27N3O2. The Morgan fingerprint density at radius 2 is 1.91 bits per heavy atom. The van der Waals surface area contributed by atoms with E-state index in [2.05, 4.69) is 22.9 Å². The second-order valence-electron chi connectivity index (χ2n) is 6.66. The van der Waals surface area contributed by atoms with Gasteiger partial charge < -0.3 is 19.4 Å². The van der Waals surface area contributed by atoms with E-state index < -0.39 is 0 Å². The first-order valence-electron chi connectivity index (χ1n) is 8.51. The van der Waals surface area contributed by atoms with Crippen molar-refractivity contribution >= 4 is 11.6 Å². The molecule has 2 fully saturated rings. The van der Waals surface area contributed by atoms with E-state index in [1.807, 2.05) is 23.1 Å². The van der Waals surface area contributed by atoms with Crippen LogP contribution in [-0.4, -0.2) is 69.1 Å². The van der Waals surface area contributed by atoms with Crippen molar-refractivity contribution in [2.75, 3.05) is 58.3 Å². The average molecular weight is 317 g/mol. The van der Waals surface area contributed by atoms with Gasteiger partial charge in [-0.3, -0.25) is 4.79 Å². The molecule has 126 valence electrons. The summed E-state index contributed by atoms with van der Waals surface area (Å²) in [6, 6.07) is 8.10. The van der Waals surface area contributed by atoms with Gasteiger partial charge in [0.2, 0.25) is 5.91 Å². The van der Waals surface area contributed by atoms with E-state index in [9.17, 15) is 4.79 Å². The van der Waals surface area contributed by atoms with Crippen molar-refractivity contribution in [1.82, 2.24) is 9.80 Å². The number of carbonyl (C=O) groups is 1. The highest BCUT2D eigenvalue weighted by molar-refractivity contribution is 5.77. The second-order valence-corrected chi connectivity index (χ2v) is 6.66. The van der Waals surface area contributed by atoms with Crippen molar-refractivity contribution in [2.24, 2.45) is 5.92 Å². The summed E-state index contributed by atoms with van der Waals surface area (Å²) in [6.07, 6.45) is 1.86. The maximum atomic E-state index is 12.5. The van der Waals surface area contributed by atoms with E-state index in [4.69, 9.17) is 4.74 Å². The lowest BCUT2D eigenvalue weighted by Gasteiger charge is -2.37. The van der Waals surface area contributed by atoms with E-state index >= 15 is 0 Å². The van der Waals surface area contributed by atoms with Gasteiger partial charge in [0, 0.05) is 39.1 Å². The van der Waals surface area contributed by atoms with Crippen molar-refractivity contribution < 1.29 is 9.53 Å². The van der Waals surface area contributed by atoms with Crippen LogP contribution in [-0.2, 0) is 4.79 Å². The summed E-state index contributed by atoms with van der Waals surface area (Å²) in [5, 5.41) is 0. The number of para-hydroxylation sites is 2. The molecule has 2 aliphatic rings. The third kappa shape index (κ3) is 3.78. The van der Waals surface area contributed by atoms with Gasteiger partial charge in [-0.1, -0.05) is 12.1 Å². The summed E-state index contributed by atoms with van der Waals surface area (Å²) in [7, 11) is 3.84. The summed E-state index contributed by atoms with van der Waals surface area (Å²) in [6.45, 7) is 5.54. The van der Waals surface area contributed by atoms with Gasteiger partial charge in [-0.15, -0.1) is 0 Å². The van der Waals surface area contributed by atoms with Gasteiger partial charge in [0.25, 0.3) is 0 Å². The molecule has 1 aromatic rings. The number of benzene rings is 1. The van der Waals surface area contributed by atoms with Crippen molar-refractivity contribution in [1.29, 1.82) is 0 Å². The van der Waals surface area contributed by atoms with Crippen LogP contribution < -0.4 is 9.64 Å². The highest BCUT2D eigenvalue weighted by Crippen LogP contribution is 2.28. The fourth-order valence-corrected chi connectivity index (χ4v) is 3.66. The normalized spacial score (nSPS) is 22.4. The molecule has 23 heavy (non-hydrogen) atoms. The van der Waals surface area contributed by atoms with Gasteiger partial charge in [-0.25, -0.2) is 0 Å². The third-order valence-corrected chi connectivity index (χ3v) is 5.01. The van der Waals surface area contributed by atoms with E-state index in [-0.39, 0.29) is 0 Å². The maximum absolute atomic E-state index is 12.5. The smallest absolute Gasteiger partial charge is 0.223 e. The molecule has 2 aliphatic heterocycles. The molecule has 3 rings (SSSR count). The Labute approximate surface area is 138 Å². The Kier molecular flexibility index (Phi) is 5.06. The third-order valence-electron chi connectivity index (χ3n) is 5.01. The van der Waals surface area contributed by atoms with Crippen molar-refractivity contribution in [2.45, 2.75) is 12.8 Å². The highest BCUT2D eigenvalue weighted by Gasteiger charge is 2.27. The quantitative estimate of drug-likeness (QED) is 0.847. The predicted molar refractivity (Wildman–Crippen MR) is 92.0 cm³/mol. The number of carbonyl (C=O) groups excluding carboxylic acids is 1. The molecule has 1 atom stereocenters. The van der Waals surface area contributed by atoms with Gasteiger partial charge in [-0.2, -0.15) is 0 Å². The van der Waals surface area contributed by atoms with Crippen LogP contribution in [0.1, 0.15) is 12.8 Å². The molecule has 1 unspecified atom stereocenters. The van der Waals surface area contributed by atoms with Crippen LogP contribution in [0.15, 0.2) is 24.3 Å². The number of amides is 1. The minimum absolute atomic E-state index is 0.324. The van der Waals surface area contributed by atoms with Gasteiger partial charge >= 0.3 is 0 Å². The maximum Gasteiger partial charge on any atom is 0.223 e. The molecule has 0 aromatic heterocycles. The summed E-state index contributed by atoms with van der Waals surface area (Å²) < 4.78 is 5.44. The van der Waals surface area contributed by atoms with Crippen molar-refractivity contribution in [3.63, 3.8) is 0 Å². The van der Waals surface area contributed by atoms with Crippen LogP contribution in [0.4, 0.5) is 5.69 Å². The van der Waals surface area contributed by atoms with Gasteiger partial charge in [0.05, 0.1) is 12.8 Å². The molecule has 1 amide bonds. The van der Waals surface area contributed by atoms with Crippen LogP contribution in [0, 0.1) is 5.92 Å². The Morgan fingerprint density at radius 1 is 1.17 bits per heavy atom. The molecule has 5 heteroatoms. The number of ether oxygens (including phenoxy) is 1. The predicted octanol–water partition coefficient (Wildman–Crippen LogP) is 1.69. The largest absolute Gasteiger partial charge is 0.495 e. The van der Waals surface area contributed by atoms with Crippen LogP contribution >= 0.6 is 0 Å². The number of rotatable bonds is 4. The number of likely N-dealkylation sites (tertiary alicyclic amines) is 1. The summed E-state index contributed by atoms with van der Waals surface area (Å²) in [5.74, 6) is 1.77. The first-order chi connectivity index (χ1) is 11.2. The van der Waals surface area contributed by atoms with E-state index in [1.54, 1.807) is 7.11 Å². The molecule has 0 aliphatic carbocycles. The number of methoxy groups -OCH3 is 1. The SMILES string of the molecule is COc1ccccc1N1CCN(C(=O)CC2CCN(C)C2)CC1. The van der Waals surface area contributed by atoms with Crippen LogP contribution in [0.5, 0.6) is 5.75 Å². The van der Waals surface area contributed by atoms with Gasteiger partial charge in [0.15, 0.2) is 0 Å². The first-order valence-corrected chi connectivity index (χ1v) is 8.51. The van der Waals surface area contributed by atoms with E-state index in [0.717, 1.165) is 57.1 Å². The Morgan fingerprint density at radius 3 is 2.57 bits per heavy atom. The van der Waals surface area contributed by atoms with Crippen LogP contribution in [0.3, 0.4) is 0 Å². The highest BCUT2D eigenvalue weighted by atomic mass is 16.5. The second kappa shape index (κ2) is 7.21. The number of nitrogens with zero attached hydrogens (tertiary/aromatic N) is 3. The zero-order chi connectivity index (χ0) is 16.2. The van der Waals surface area contributed by atoms with Gasteiger partial charge in [0.1, 0.15) is 5.75 Å². The summed E-state index contributed by atoms with van der Waals surface area (Å²) in [4.78, 5) is 19.2. The molecule has 0 N–H and O–H groups in total. The van der Waals surface area contributed by atoms with Gasteiger partial charge in [-0.05, 0) is 38.1 Å². The first kappa shape index (κ1) is 16.1. The molecule has 2 heterocycles. The molecule has 1 aromatic carbocycles. The monoisotopic (exact) mass is 317 g/mol. The molecule has 0 saturated carbocycles.